The van der Waals surface area contributed by atoms with Gasteiger partial charge in [0.15, 0.2) is 5.69 Å². The molecule has 5 heterocycles. The van der Waals surface area contributed by atoms with E-state index in [-0.39, 0.29) is 11.7 Å². The Balaban J connectivity index is 1.39. The molecule has 1 aliphatic rings. The fraction of sp³-hybridized carbons (Fsp3) is 0.308. The number of likely N-dealkylation sites (tertiary alicyclic amines) is 1. The van der Waals surface area contributed by atoms with Crippen molar-refractivity contribution in [3.8, 4) is 23.1 Å². The van der Waals surface area contributed by atoms with Gasteiger partial charge in [0.05, 0.1) is 19.3 Å². The van der Waals surface area contributed by atoms with Gasteiger partial charge in [-0.15, -0.1) is 5.10 Å². The molecule has 11 nitrogen and oxygen atoms in total. The Morgan fingerprint density at radius 2 is 2.19 bits per heavy atom. The van der Waals surface area contributed by atoms with Gasteiger partial charge in [-0.2, -0.15) is 10.4 Å². The molecule has 11 heteroatoms. The van der Waals surface area contributed by atoms with Gasteiger partial charge in [-0.25, -0.2) is 9.50 Å². The molecule has 0 radical (unpaired) electrons. The summed E-state index contributed by atoms with van der Waals surface area (Å²) in [5.41, 5.74) is 11.3. The van der Waals surface area contributed by atoms with Crippen LogP contribution in [-0.2, 0) is 13.6 Å². The Bertz CT molecular complexity index is 1490. The summed E-state index contributed by atoms with van der Waals surface area (Å²) in [5.74, 6) is 0.612. The lowest BCUT2D eigenvalue weighted by Crippen LogP contribution is -2.37. The van der Waals surface area contributed by atoms with E-state index in [0.717, 1.165) is 54.7 Å². The van der Waals surface area contributed by atoms with Gasteiger partial charge in [-0.3, -0.25) is 14.6 Å². The lowest BCUT2D eigenvalue weighted by molar-refractivity contribution is 0.202. The first-order valence-corrected chi connectivity index (χ1v) is 12.0. The van der Waals surface area contributed by atoms with Crippen molar-refractivity contribution in [3.05, 3.63) is 66.0 Å². The van der Waals surface area contributed by atoms with Crippen LogP contribution in [0.15, 0.2) is 54.2 Å². The number of rotatable bonds is 7. The van der Waals surface area contributed by atoms with Crippen LogP contribution in [0.5, 0.6) is 5.88 Å². The van der Waals surface area contributed by atoms with Crippen LogP contribution in [0.1, 0.15) is 29.7 Å². The average Bonchev–Trinajstić information content (AvgIpc) is 3.55. The van der Waals surface area contributed by atoms with E-state index in [1.165, 1.54) is 6.20 Å². The van der Waals surface area contributed by atoms with Crippen LogP contribution in [0.2, 0.25) is 0 Å². The first-order chi connectivity index (χ1) is 18.1. The summed E-state index contributed by atoms with van der Waals surface area (Å²) < 4.78 is 8.50. The second-order valence-corrected chi connectivity index (χ2v) is 9.03. The second-order valence-electron chi connectivity index (χ2n) is 9.03. The first-order valence-electron chi connectivity index (χ1n) is 12.0. The molecule has 2 N–H and O–H groups in total. The lowest BCUT2D eigenvalue weighted by atomic mass is 10.0. The van der Waals surface area contributed by atoms with E-state index in [1.54, 1.807) is 28.7 Å². The molecule has 0 amide bonds. The number of piperidine rings is 1. The van der Waals surface area contributed by atoms with Crippen LogP contribution in [0.4, 0.5) is 0 Å². The normalized spacial score (nSPS) is 16.9. The van der Waals surface area contributed by atoms with Gasteiger partial charge < -0.3 is 10.5 Å². The van der Waals surface area contributed by atoms with E-state index in [2.05, 4.69) is 31.4 Å². The van der Waals surface area contributed by atoms with E-state index >= 15 is 0 Å². The Morgan fingerprint density at radius 3 is 2.89 bits per heavy atom. The highest BCUT2D eigenvalue weighted by Crippen LogP contribution is 2.28. The van der Waals surface area contributed by atoms with Gasteiger partial charge in [0.25, 0.3) is 0 Å². The molecule has 37 heavy (non-hydrogen) atoms. The molecule has 4 aromatic heterocycles. The van der Waals surface area contributed by atoms with Crippen LogP contribution in [0.3, 0.4) is 0 Å². The van der Waals surface area contributed by atoms with Crippen molar-refractivity contribution in [1.29, 1.82) is 5.26 Å². The standard InChI is InChI=1S/C26H28N10O/c1-34-15-21(13-31-34)19-8-23(26-24(10-28)32-33-36(26)16-19)20(9-27)12-29-22-4-3-7-35(17-22)14-18-5-6-25(37-2)30-11-18/h5-6,8-9,11-13,15-16,22H,3-4,7,14,17,27H2,1-2H3/t22-/m0/s1. The summed E-state index contributed by atoms with van der Waals surface area (Å²) >= 11 is 0. The first kappa shape index (κ1) is 24.1. The molecule has 0 saturated carbocycles. The predicted octanol–water partition coefficient (Wildman–Crippen LogP) is 2.44. The van der Waals surface area contributed by atoms with E-state index in [1.807, 2.05) is 43.8 Å². The quantitative estimate of drug-likeness (QED) is 0.385. The van der Waals surface area contributed by atoms with Crippen LogP contribution >= 0.6 is 0 Å². The topological polar surface area (TPSA) is 136 Å². The Morgan fingerprint density at radius 1 is 1.30 bits per heavy atom. The molecule has 0 aliphatic carbocycles. The van der Waals surface area contributed by atoms with E-state index < -0.39 is 0 Å². The van der Waals surface area contributed by atoms with E-state index in [0.29, 0.717) is 17.0 Å². The molecule has 0 aromatic carbocycles. The number of ether oxygens (including phenoxy) is 1. The van der Waals surface area contributed by atoms with E-state index in [4.69, 9.17) is 15.5 Å². The minimum Gasteiger partial charge on any atom is -0.481 e. The van der Waals surface area contributed by atoms with Gasteiger partial charge >= 0.3 is 0 Å². The van der Waals surface area contributed by atoms with Crippen molar-refractivity contribution in [1.82, 2.24) is 34.5 Å². The number of nitrogens with two attached hydrogens (primary N) is 1. The van der Waals surface area contributed by atoms with Crippen molar-refractivity contribution in [2.45, 2.75) is 25.4 Å². The van der Waals surface area contributed by atoms with Gasteiger partial charge in [0, 0.05) is 79.5 Å². The summed E-state index contributed by atoms with van der Waals surface area (Å²) in [6, 6.07) is 8.16. The lowest BCUT2D eigenvalue weighted by Gasteiger charge is -2.30. The number of aromatic nitrogens is 6. The van der Waals surface area contributed by atoms with Crippen LogP contribution in [0, 0.1) is 11.3 Å². The Hall–Kier alpha value is -4.56. The smallest absolute Gasteiger partial charge is 0.212 e. The molecule has 0 bridgehead atoms. The van der Waals surface area contributed by atoms with Crippen molar-refractivity contribution in [2.75, 3.05) is 20.2 Å². The zero-order valence-corrected chi connectivity index (χ0v) is 20.8. The third-order valence-electron chi connectivity index (χ3n) is 6.46. The molecule has 1 fully saturated rings. The number of fused-ring (bicyclic) bond motifs is 1. The molecular formula is C26H28N10O. The van der Waals surface area contributed by atoms with Gasteiger partial charge in [-0.1, -0.05) is 11.3 Å². The molecule has 4 aromatic rings. The molecule has 1 atom stereocenters. The second kappa shape index (κ2) is 10.6. The maximum atomic E-state index is 9.63. The number of hydrogen-bond donors (Lipinski definition) is 1. The van der Waals surface area contributed by atoms with Crippen molar-refractivity contribution >= 4 is 17.3 Å². The molecule has 1 aliphatic heterocycles. The zero-order chi connectivity index (χ0) is 25.8. The van der Waals surface area contributed by atoms with E-state index in [9.17, 15) is 5.26 Å². The highest BCUT2D eigenvalue weighted by atomic mass is 16.5. The number of nitrogens with zero attached hydrogens (tertiary/aromatic N) is 9. The monoisotopic (exact) mass is 496 g/mol. The third kappa shape index (κ3) is 5.19. The molecule has 188 valence electrons. The number of aryl methyl sites for hydroxylation is 1. The van der Waals surface area contributed by atoms with Crippen LogP contribution < -0.4 is 10.5 Å². The number of pyridine rings is 2. The fourth-order valence-electron chi connectivity index (χ4n) is 4.62. The summed E-state index contributed by atoms with van der Waals surface area (Å²) in [6.07, 6.45) is 12.8. The highest BCUT2D eigenvalue weighted by molar-refractivity contribution is 6.13. The van der Waals surface area contributed by atoms with Gasteiger partial charge in [-0.05, 0) is 31.0 Å². The Labute approximate surface area is 214 Å². The molecule has 1 saturated heterocycles. The maximum Gasteiger partial charge on any atom is 0.212 e. The maximum absolute atomic E-state index is 9.63. The minimum atomic E-state index is 0.130. The molecule has 0 unspecified atom stereocenters. The van der Waals surface area contributed by atoms with Gasteiger partial charge in [0.1, 0.15) is 11.6 Å². The Kier molecular flexibility index (Phi) is 6.91. The number of aliphatic imine (C=N–C) groups is 1. The fourth-order valence-corrected chi connectivity index (χ4v) is 4.62. The van der Waals surface area contributed by atoms with Crippen molar-refractivity contribution in [3.63, 3.8) is 0 Å². The summed E-state index contributed by atoms with van der Waals surface area (Å²) in [4.78, 5) is 11.6. The third-order valence-corrected chi connectivity index (χ3v) is 6.46. The SMILES string of the molecule is COc1ccc(CN2CCC[C@H](N=CC(=CN)c3cc(-c4cnn(C)c4)cn4nnc(C#N)c34)C2)cn1. The molecular weight excluding hydrogens is 468 g/mol. The highest BCUT2D eigenvalue weighted by Gasteiger charge is 2.20. The molecule has 0 spiro atoms. The summed E-state index contributed by atoms with van der Waals surface area (Å²) in [5, 5.41) is 22.1. The minimum absolute atomic E-state index is 0.130. The zero-order valence-electron chi connectivity index (χ0n) is 20.8. The van der Waals surface area contributed by atoms with Crippen molar-refractivity contribution < 1.29 is 4.74 Å². The van der Waals surface area contributed by atoms with Crippen molar-refractivity contribution in [2.24, 2.45) is 17.8 Å². The van der Waals surface area contributed by atoms with Gasteiger partial charge in [0.2, 0.25) is 5.88 Å². The average molecular weight is 497 g/mol. The number of hydrogen-bond acceptors (Lipinski definition) is 9. The predicted molar refractivity (Wildman–Crippen MR) is 140 cm³/mol. The largest absolute Gasteiger partial charge is 0.481 e. The summed E-state index contributed by atoms with van der Waals surface area (Å²) in [7, 11) is 3.48. The van der Waals surface area contributed by atoms with Crippen LogP contribution in [0.25, 0.3) is 22.2 Å². The summed E-state index contributed by atoms with van der Waals surface area (Å²) in [6.45, 7) is 2.66. The molecule has 5 rings (SSSR count). The number of allylic oxidation sites excluding steroid dienone is 1. The number of methoxy groups -OCH3 is 1. The van der Waals surface area contributed by atoms with Crippen LogP contribution in [-0.4, -0.2) is 66.9 Å². The number of nitriles is 1.